The van der Waals surface area contributed by atoms with Gasteiger partial charge < -0.3 is 20.1 Å². The highest BCUT2D eigenvalue weighted by molar-refractivity contribution is 5.96. The highest BCUT2D eigenvalue weighted by Gasteiger charge is 2.29. The molecule has 1 aromatic rings. The van der Waals surface area contributed by atoms with E-state index in [2.05, 4.69) is 5.32 Å². The second-order valence-electron chi connectivity index (χ2n) is 4.49. The highest BCUT2D eigenvalue weighted by Crippen LogP contribution is 2.35. The summed E-state index contributed by atoms with van der Waals surface area (Å²) in [5.41, 5.74) is 0.360. The molecule has 0 radical (unpaired) electrons. The van der Waals surface area contributed by atoms with Gasteiger partial charge in [0.2, 0.25) is 0 Å². The maximum atomic E-state index is 12.0. The standard InChI is InChI=1S/C12H14N2O5/c15-10(16)6-8(12(18)19)13-11(17)9-2-1-5-14(9)7-3-4-7/h1-2,5,7-8H,3-4,6H2,(H,13,17)(H,15,16)(H,18,19)/t8-/m0/s1. The van der Waals surface area contributed by atoms with Crippen molar-refractivity contribution in [1.82, 2.24) is 9.88 Å². The van der Waals surface area contributed by atoms with E-state index in [1.54, 1.807) is 22.9 Å². The van der Waals surface area contributed by atoms with Crippen LogP contribution in [0.2, 0.25) is 0 Å². The number of carboxylic acid groups (broad SMARTS) is 2. The Hall–Kier alpha value is -2.31. The molecule has 1 saturated carbocycles. The molecule has 102 valence electrons. The average molecular weight is 266 g/mol. The fourth-order valence-electron chi connectivity index (χ4n) is 1.86. The zero-order valence-electron chi connectivity index (χ0n) is 10.1. The number of nitrogens with zero attached hydrogens (tertiary/aromatic N) is 1. The van der Waals surface area contributed by atoms with Crippen molar-refractivity contribution in [2.75, 3.05) is 0 Å². The number of carboxylic acids is 2. The summed E-state index contributed by atoms with van der Waals surface area (Å²) in [6, 6.07) is 2.17. The van der Waals surface area contributed by atoms with Gasteiger partial charge in [-0.25, -0.2) is 4.79 Å². The lowest BCUT2D eigenvalue weighted by Crippen LogP contribution is -2.42. The van der Waals surface area contributed by atoms with Crippen molar-refractivity contribution >= 4 is 17.8 Å². The van der Waals surface area contributed by atoms with Gasteiger partial charge in [-0.05, 0) is 25.0 Å². The Kier molecular flexibility index (Phi) is 3.55. The van der Waals surface area contributed by atoms with Gasteiger partial charge in [0.15, 0.2) is 0 Å². The highest BCUT2D eigenvalue weighted by atomic mass is 16.4. The van der Waals surface area contributed by atoms with Crippen LogP contribution in [0.5, 0.6) is 0 Å². The Labute approximate surface area is 108 Å². The van der Waals surface area contributed by atoms with E-state index in [1.165, 1.54) is 0 Å². The van der Waals surface area contributed by atoms with Crippen LogP contribution in [0.25, 0.3) is 0 Å². The van der Waals surface area contributed by atoms with Gasteiger partial charge in [-0.3, -0.25) is 9.59 Å². The minimum Gasteiger partial charge on any atom is -0.481 e. The molecule has 0 saturated heterocycles. The molecular weight excluding hydrogens is 252 g/mol. The molecule has 3 N–H and O–H groups in total. The number of aromatic nitrogens is 1. The molecule has 1 heterocycles. The van der Waals surface area contributed by atoms with Gasteiger partial charge in [-0.15, -0.1) is 0 Å². The van der Waals surface area contributed by atoms with Crippen LogP contribution in [-0.2, 0) is 9.59 Å². The van der Waals surface area contributed by atoms with Crippen molar-refractivity contribution in [3.05, 3.63) is 24.0 Å². The second-order valence-corrected chi connectivity index (χ2v) is 4.49. The van der Waals surface area contributed by atoms with E-state index in [1.807, 2.05) is 0 Å². The molecule has 0 bridgehead atoms. The SMILES string of the molecule is O=C(O)C[C@H](NC(=O)c1cccn1C1CC1)C(=O)O. The van der Waals surface area contributed by atoms with Crippen molar-refractivity contribution in [2.45, 2.75) is 31.3 Å². The Morgan fingerprint density at radius 1 is 1.37 bits per heavy atom. The predicted octanol–water partition coefficient (Wildman–Crippen LogP) is 0.481. The van der Waals surface area contributed by atoms with Gasteiger partial charge in [0.1, 0.15) is 11.7 Å². The van der Waals surface area contributed by atoms with Crippen LogP contribution in [0.3, 0.4) is 0 Å². The molecule has 1 aliphatic rings. The zero-order valence-corrected chi connectivity index (χ0v) is 10.1. The first kappa shape index (κ1) is 13.1. The van der Waals surface area contributed by atoms with E-state index in [4.69, 9.17) is 10.2 Å². The Morgan fingerprint density at radius 3 is 2.58 bits per heavy atom. The Bertz CT molecular complexity index is 518. The topological polar surface area (TPSA) is 109 Å². The largest absolute Gasteiger partial charge is 0.481 e. The molecule has 2 rings (SSSR count). The van der Waals surface area contributed by atoms with Crippen molar-refractivity contribution in [2.24, 2.45) is 0 Å². The van der Waals surface area contributed by atoms with E-state index < -0.39 is 30.3 Å². The van der Waals surface area contributed by atoms with Crippen molar-refractivity contribution in [3.8, 4) is 0 Å². The first-order valence-corrected chi connectivity index (χ1v) is 5.91. The number of carbonyl (C=O) groups is 3. The summed E-state index contributed by atoms with van der Waals surface area (Å²) in [5, 5.41) is 19.7. The number of hydrogen-bond donors (Lipinski definition) is 3. The van der Waals surface area contributed by atoms with Crippen molar-refractivity contribution in [3.63, 3.8) is 0 Å². The fraction of sp³-hybridized carbons (Fsp3) is 0.417. The van der Waals surface area contributed by atoms with Gasteiger partial charge >= 0.3 is 11.9 Å². The molecule has 1 atom stereocenters. The maximum absolute atomic E-state index is 12.0. The summed E-state index contributed by atoms with van der Waals surface area (Å²) in [6.45, 7) is 0. The lowest BCUT2D eigenvalue weighted by molar-refractivity contribution is -0.145. The van der Waals surface area contributed by atoms with E-state index >= 15 is 0 Å². The third kappa shape index (κ3) is 3.12. The molecule has 7 nitrogen and oxygen atoms in total. The molecule has 1 fully saturated rings. The van der Waals surface area contributed by atoms with E-state index in [-0.39, 0.29) is 0 Å². The van der Waals surface area contributed by atoms with Crippen LogP contribution in [0.1, 0.15) is 35.8 Å². The van der Waals surface area contributed by atoms with Gasteiger partial charge in [0.05, 0.1) is 6.42 Å². The first-order chi connectivity index (χ1) is 8.99. The molecule has 0 unspecified atom stereocenters. The number of rotatable bonds is 6. The third-order valence-corrected chi connectivity index (χ3v) is 2.93. The quantitative estimate of drug-likeness (QED) is 0.694. The van der Waals surface area contributed by atoms with Gasteiger partial charge in [-0.2, -0.15) is 0 Å². The van der Waals surface area contributed by atoms with Crippen LogP contribution in [0.15, 0.2) is 18.3 Å². The summed E-state index contributed by atoms with van der Waals surface area (Å²) in [5.74, 6) is -3.20. The fourth-order valence-corrected chi connectivity index (χ4v) is 1.86. The second kappa shape index (κ2) is 5.13. The number of amides is 1. The lowest BCUT2D eigenvalue weighted by Gasteiger charge is -2.13. The van der Waals surface area contributed by atoms with Crippen LogP contribution < -0.4 is 5.32 Å². The minimum atomic E-state index is -1.42. The molecule has 1 aliphatic carbocycles. The molecule has 1 amide bonds. The molecule has 1 aromatic heterocycles. The Balaban J connectivity index is 2.08. The first-order valence-electron chi connectivity index (χ1n) is 5.91. The Morgan fingerprint density at radius 2 is 2.05 bits per heavy atom. The number of carbonyl (C=O) groups excluding carboxylic acids is 1. The van der Waals surface area contributed by atoms with E-state index in [0.29, 0.717) is 11.7 Å². The predicted molar refractivity (Wildman–Crippen MR) is 63.8 cm³/mol. The van der Waals surface area contributed by atoms with Crippen molar-refractivity contribution < 1.29 is 24.6 Å². The lowest BCUT2D eigenvalue weighted by atomic mass is 10.2. The average Bonchev–Trinajstić information content (AvgIpc) is 3.05. The van der Waals surface area contributed by atoms with Crippen LogP contribution in [0.4, 0.5) is 0 Å². The van der Waals surface area contributed by atoms with E-state index in [9.17, 15) is 14.4 Å². The molecular formula is C12H14N2O5. The van der Waals surface area contributed by atoms with Crippen LogP contribution in [-0.4, -0.2) is 38.7 Å². The monoisotopic (exact) mass is 266 g/mol. The molecule has 19 heavy (non-hydrogen) atoms. The van der Waals surface area contributed by atoms with Crippen molar-refractivity contribution in [1.29, 1.82) is 0 Å². The van der Waals surface area contributed by atoms with Gasteiger partial charge in [0, 0.05) is 12.2 Å². The molecule has 0 aromatic carbocycles. The summed E-state index contributed by atoms with van der Waals surface area (Å²) in [7, 11) is 0. The number of nitrogens with one attached hydrogen (secondary N) is 1. The normalized spacial score (nSPS) is 15.8. The van der Waals surface area contributed by atoms with E-state index in [0.717, 1.165) is 12.8 Å². The summed E-state index contributed by atoms with van der Waals surface area (Å²) in [6.07, 6.45) is 3.10. The van der Waals surface area contributed by atoms with Crippen LogP contribution in [0, 0.1) is 0 Å². The van der Waals surface area contributed by atoms with Gasteiger partial charge in [0.25, 0.3) is 5.91 Å². The summed E-state index contributed by atoms with van der Waals surface area (Å²) >= 11 is 0. The zero-order chi connectivity index (χ0) is 14.0. The molecule has 7 heteroatoms. The number of hydrogen-bond acceptors (Lipinski definition) is 3. The number of aliphatic carboxylic acids is 2. The third-order valence-electron chi connectivity index (χ3n) is 2.93. The minimum absolute atomic E-state index is 0.290. The molecule has 0 spiro atoms. The summed E-state index contributed by atoms with van der Waals surface area (Å²) in [4.78, 5) is 33.4. The molecule has 0 aliphatic heterocycles. The maximum Gasteiger partial charge on any atom is 0.326 e. The summed E-state index contributed by atoms with van der Waals surface area (Å²) < 4.78 is 1.79. The van der Waals surface area contributed by atoms with Gasteiger partial charge in [-0.1, -0.05) is 0 Å². The smallest absolute Gasteiger partial charge is 0.326 e. The van der Waals surface area contributed by atoms with Crippen LogP contribution >= 0.6 is 0 Å².